The molecule has 0 aromatic heterocycles. The molecule has 1 aromatic rings. The van der Waals surface area contributed by atoms with Gasteiger partial charge in [-0.15, -0.1) is 0 Å². The second kappa shape index (κ2) is 18.4. The molecule has 0 heterocycles. The van der Waals surface area contributed by atoms with Gasteiger partial charge in [-0.1, -0.05) is 103 Å². The van der Waals surface area contributed by atoms with E-state index in [-0.39, 0.29) is 5.75 Å². The number of benzene rings is 1. The first kappa shape index (κ1) is 29.0. The van der Waals surface area contributed by atoms with Crippen LogP contribution in [0.3, 0.4) is 0 Å². The van der Waals surface area contributed by atoms with Gasteiger partial charge in [-0.05, 0) is 49.3 Å². The number of aryl methyl sites for hydroxylation is 2. The van der Waals surface area contributed by atoms with Crippen LogP contribution in [0.25, 0.3) is 0 Å². The molecule has 0 unspecified atom stereocenters. The monoisotopic (exact) mass is 468 g/mol. The Bertz CT molecular complexity index is 685. The van der Waals surface area contributed by atoms with Crippen LogP contribution in [-0.2, 0) is 23.0 Å². The first-order chi connectivity index (χ1) is 15.5. The summed E-state index contributed by atoms with van der Waals surface area (Å²) in [6.07, 6.45) is 20.5. The van der Waals surface area contributed by atoms with Crippen molar-refractivity contribution in [2.75, 3.05) is 12.4 Å². The Morgan fingerprint density at radius 3 is 1.81 bits per heavy atom. The molecule has 0 fully saturated rings. The third-order valence-electron chi connectivity index (χ3n) is 6.05. The Labute approximate surface area is 198 Å². The lowest BCUT2D eigenvalue weighted by molar-refractivity contribution is 0.312. The molecule has 0 aliphatic heterocycles. The highest BCUT2D eigenvalue weighted by atomic mass is 32.2. The molecule has 4 nitrogen and oxygen atoms in total. The van der Waals surface area contributed by atoms with Crippen LogP contribution in [0, 0.1) is 0 Å². The van der Waals surface area contributed by atoms with Gasteiger partial charge in [0, 0.05) is 0 Å². The Balaban J connectivity index is 2.51. The van der Waals surface area contributed by atoms with Gasteiger partial charge in [-0.25, -0.2) is 0 Å². The van der Waals surface area contributed by atoms with E-state index in [0.29, 0.717) is 13.0 Å². The van der Waals surface area contributed by atoms with Crippen molar-refractivity contribution in [2.45, 2.75) is 123 Å². The summed E-state index contributed by atoms with van der Waals surface area (Å²) in [6.45, 7) is 4.80. The molecule has 0 amide bonds. The van der Waals surface area contributed by atoms with Gasteiger partial charge in [0.25, 0.3) is 10.1 Å². The predicted octanol–water partition coefficient (Wildman–Crippen LogP) is 7.93. The molecule has 0 spiro atoms. The molecule has 0 atom stereocenters. The fourth-order valence-electron chi connectivity index (χ4n) is 4.08. The summed E-state index contributed by atoms with van der Waals surface area (Å²) in [5.41, 5.74) is 2.51. The highest BCUT2D eigenvalue weighted by molar-refractivity contribution is 7.85. The van der Waals surface area contributed by atoms with Crippen LogP contribution >= 0.6 is 0 Å². The summed E-state index contributed by atoms with van der Waals surface area (Å²) in [7, 11) is -3.93. The van der Waals surface area contributed by atoms with Gasteiger partial charge >= 0.3 is 0 Å². The second-order valence-electron chi connectivity index (χ2n) is 9.17. The SMILES string of the molecule is CCCCCCCCCc1ccc(CCCCCCCCC)c(OCCCS(=O)(=O)O)c1. The first-order valence-electron chi connectivity index (χ1n) is 13.2. The van der Waals surface area contributed by atoms with Gasteiger partial charge in [0.15, 0.2) is 0 Å². The third-order valence-corrected chi connectivity index (χ3v) is 6.86. The molecule has 0 aliphatic rings. The summed E-state index contributed by atoms with van der Waals surface area (Å²) in [5.74, 6) is 0.643. The van der Waals surface area contributed by atoms with E-state index in [0.717, 1.165) is 25.0 Å². The third kappa shape index (κ3) is 15.7. The minimum Gasteiger partial charge on any atom is -0.493 e. The van der Waals surface area contributed by atoms with Crippen molar-refractivity contribution in [3.8, 4) is 5.75 Å². The minimum atomic E-state index is -3.93. The van der Waals surface area contributed by atoms with E-state index in [2.05, 4.69) is 32.0 Å². The van der Waals surface area contributed by atoms with Crippen molar-refractivity contribution in [2.24, 2.45) is 0 Å². The summed E-state index contributed by atoms with van der Waals surface area (Å²) in [6, 6.07) is 6.59. The summed E-state index contributed by atoms with van der Waals surface area (Å²) < 4.78 is 36.8. The maximum Gasteiger partial charge on any atom is 0.264 e. The lowest BCUT2D eigenvalue weighted by Crippen LogP contribution is -2.09. The van der Waals surface area contributed by atoms with Gasteiger partial charge < -0.3 is 4.74 Å². The van der Waals surface area contributed by atoms with Gasteiger partial charge in [0.05, 0.1) is 12.4 Å². The molecule has 0 saturated carbocycles. The topological polar surface area (TPSA) is 63.6 Å². The van der Waals surface area contributed by atoms with Crippen LogP contribution in [-0.4, -0.2) is 25.3 Å². The smallest absolute Gasteiger partial charge is 0.264 e. The Hall–Kier alpha value is -1.07. The van der Waals surface area contributed by atoms with Crippen LogP contribution in [0.1, 0.15) is 121 Å². The standard InChI is InChI=1S/C27H48O4S/c1-3-5-7-9-11-13-15-18-25-20-21-26(19-16-14-12-10-8-6-4-2)27(24-25)31-22-17-23-32(28,29)30/h20-21,24H,3-19,22-23H2,1-2H3,(H,28,29,30). The molecule has 0 saturated heterocycles. The molecule has 1 aromatic carbocycles. The fraction of sp³-hybridized carbons (Fsp3) is 0.778. The van der Waals surface area contributed by atoms with Crippen LogP contribution in [0.2, 0.25) is 0 Å². The molecular formula is C27H48O4S. The molecule has 0 bridgehead atoms. The maximum absolute atomic E-state index is 11.0. The van der Waals surface area contributed by atoms with E-state index >= 15 is 0 Å². The van der Waals surface area contributed by atoms with Crippen molar-refractivity contribution in [1.29, 1.82) is 0 Å². The molecule has 5 heteroatoms. The van der Waals surface area contributed by atoms with Crippen molar-refractivity contribution in [3.05, 3.63) is 29.3 Å². The van der Waals surface area contributed by atoms with E-state index in [1.165, 1.54) is 94.6 Å². The van der Waals surface area contributed by atoms with E-state index < -0.39 is 10.1 Å². The largest absolute Gasteiger partial charge is 0.493 e. The molecule has 0 aliphatic carbocycles. The molecule has 32 heavy (non-hydrogen) atoms. The lowest BCUT2D eigenvalue weighted by atomic mass is 10.00. The summed E-state index contributed by atoms with van der Waals surface area (Å²) in [4.78, 5) is 0. The van der Waals surface area contributed by atoms with Crippen LogP contribution < -0.4 is 4.74 Å². The summed E-state index contributed by atoms with van der Waals surface area (Å²) >= 11 is 0. The van der Waals surface area contributed by atoms with Crippen molar-refractivity contribution in [3.63, 3.8) is 0 Å². The molecule has 0 radical (unpaired) electrons. The highest BCUT2D eigenvalue weighted by Gasteiger charge is 2.08. The minimum absolute atomic E-state index is 0.252. The fourth-order valence-corrected chi connectivity index (χ4v) is 4.56. The van der Waals surface area contributed by atoms with Crippen LogP contribution in [0.4, 0.5) is 0 Å². The van der Waals surface area contributed by atoms with Crippen LogP contribution in [0.15, 0.2) is 18.2 Å². The lowest BCUT2D eigenvalue weighted by Gasteiger charge is -2.14. The first-order valence-corrected chi connectivity index (χ1v) is 14.8. The number of hydrogen-bond acceptors (Lipinski definition) is 3. The summed E-state index contributed by atoms with van der Waals surface area (Å²) in [5, 5.41) is 0. The van der Waals surface area contributed by atoms with Crippen molar-refractivity contribution < 1.29 is 17.7 Å². The number of rotatable bonds is 21. The van der Waals surface area contributed by atoms with E-state index in [1.54, 1.807) is 0 Å². The molecule has 1 N–H and O–H groups in total. The maximum atomic E-state index is 11.0. The van der Waals surface area contributed by atoms with Gasteiger partial charge in [0.2, 0.25) is 0 Å². The second-order valence-corrected chi connectivity index (χ2v) is 10.7. The zero-order valence-corrected chi connectivity index (χ0v) is 21.6. The highest BCUT2D eigenvalue weighted by Crippen LogP contribution is 2.25. The average Bonchev–Trinajstić information content (AvgIpc) is 2.76. The zero-order chi connectivity index (χ0) is 23.5. The molecule has 1 rings (SSSR count). The van der Waals surface area contributed by atoms with E-state index in [4.69, 9.17) is 9.29 Å². The van der Waals surface area contributed by atoms with Gasteiger partial charge in [-0.2, -0.15) is 8.42 Å². The van der Waals surface area contributed by atoms with Crippen LogP contribution in [0.5, 0.6) is 5.75 Å². The van der Waals surface area contributed by atoms with Gasteiger partial charge in [-0.3, -0.25) is 4.55 Å². The number of ether oxygens (including phenoxy) is 1. The Kier molecular flexibility index (Phi) is 16.6. The Morgan fingerprint density at radius 1 is 0.719 bits per heavy atom. The number of hydrogen-bond donors (Lipinski definition) is 1. The van der Waals surface area contributed by atoms with E-state index in [1.807, 2.05) is 0 Å². The normalized spacial score (nSPS) is 11.7. The molecular weight excluding hydrogens is 420 g/mol. The van der Waals surface area contributed by atoms with E-state index in [9.17, 15) is 8.42 Å². The average molecular weight is 469 g/mol. The zero-order valence-electron chi connectivity index (χ0n) is 20.7. The predicted molar refractivity (Wildman–Crippen MR) is 136 cm³/mol. The van der Waals surface area contributed by atoms with Crippen molar-refractivity contribution >= 4 is 10.1 Å². The Morgan fingerprint density at radius 2 is 1.25 bits per heavy atom. The quantitative estimate of drug-likeness (QED) is 0.147. The van der Waals surface area contributed by atoms with Gasteiger partial charge in [0.1, 0.15) is 5.75 Å². The molecule has 186 valence electrons. The number of unbranched alkanes of at least 4 members (excludes halogenated alkanes) is 12. The van der Waals surface area contributed by atoms with Crippen molar-refractivity contribution in [1.82, 2.24) is 0 Å².